The zero-order valence-corrected chi connectivity index (χ0v) is 12.1. The van der Waals surface area contributed by atoms with Gasteiger partial charge in [0.15, 0.2) is 0 Å². The molecule has 0 amide bonds. The van der Waals surface area contributed by atoms with Gasteiger partial charge < -0.3 is 9.84 Å². The van der Waals surface area contributed by atoms with E-state index in [4.69, 9.17) is 4.74 Å². The Hall–Kier alpha value is -1.02. The van der Waals surface area contributed by atoms with Gasteiger partial charge in [-0.2, -0.15) is 0 Å². The highest BCUT2D eigenvalue weighted by atomic mass is 16.5. The second kappa shape index (κ2) is 7.42. The van der Waals surface area contributed by atoms with E-state index >= 15 is 0 Å². The summed E-state index contributed by atoms with van der Waals surface area (Å²) in [7, 11) is 1.71. The second-order valence-corrected chi connectivity index (χ2v) is 5.04. The molecule has 1 unspecified atom stereocenters. The maximum atomic E-state index is 10.4. The molecule has 0 bridgehead atoms. The molecule has 0 saturated heterocycles. The van der Waals surface area contributed by atoms with Crippen molar-refractivity contribution in [3.63, 3.8) is 0 Å². The molecule has 1 N–H and O–H groups in total. The highest BCUT2D eigenvalue weighted by Crippen LogP contribution is 2.33. The Kier molecular flexibility index (Phi) is 6.20. The monoisotopic (exact) mass is 250 g/mol. The van der Waals surface area contributed by atoms with E-state index < -0.39 is 0 Å². The van der Waals surface area contributed by atoms with Crippen molar-refractivity contribution in [3.05, 3.63) is 28.8 Å². The van der Waals surface area contributed by atoms with Crippen molar-refractivity contribution in [2.45, 2.75) is 59.0 Å². The van der Waals surface area contributed by atoms with Gasteiger partial charge in [-0.3, -0.25) is 0 Å². The van der Waals surface area contributed by atoms with Crippen LogP contribution in [0.1, 0.15) is 62.6 Å². The normalized spacial score (nSPS) is 12.7. The zero-order valence-electron chi connectivity index (χ0n) is 12.1. The number of rotatable bonds is 7. The second-order valence-electron chi connectivity index (χ2n) is 5.04. The van der Waals surface area contributed by atoms with Crippen LogP contribution in [-0.2, 0) is 17.8 Å². The molecular formula is C16H26O2. The number of phenols is 1. The Morgan fingerprint density at radius 3 is 2.56 bits per heavy atom. The average Bonchev–Trinajstić information content (AvgIpc) is 2.38. The lowest BCUT2D eigenvalue weighted by Gasteiger charge is -2.17. The average molecular weight is 250 g/mol. The van der Waals surface area contributed by atoms with Crippen molar-refractivity contribution < 1.29 is 9.84 Å². The number of phenolic OH excluding ortho intramolecular Hbond substituents is 1. The summed E-state index contributed by atoms with van der Waals surface area (Å²) >= 11 is 0. The lowest BCUT2D eigenvalue weighted by Crippen LogP contribution is -2.00. The summed E-state index contributed by atoms with van der Waals surface area (Å²) in [6, 6.07) is 4.17. The standard InChI is InChI=1S/C16H26O2/c1-5-7-8-14-9-13(11-18-4)10-15(16(14)17)12(3)6-2/h9-10,12,17H,5-8,11H2,1-4H3. The first-order valence-corrected chi connectivity index (χ1v) is 6.97. The predicted molar refractivity (Wildman–Crippen MR) is 76.1 cm³/mol. The van der Waals surface area contributed by atoms with Crippen LogP contribution in [0.5, 0.6) is 5.75 Å². The first-order chi connectivity index (χ1) is 8.63. The molecule has 0 saturated carbocycles. The van der Waals surface area contributed by atoms with Crippen molar-refractivity contribution in [2.75, 3.05) is 7.11 Å². The Morgan fingerprint density at radius 1 is 1.28 bits per heavy atom. The van der Waals surface area contributed by atoms with Gasteiger partial charge in [-0.25, -0.2) is 0 Å². The zero-order chi connectivity index (χ0) is 13.5. The van der Waals surface area contributed by atoms with Crippen LogP contribution in [0.15, 0.2) is 12.1 Å². The van der Waals surface area contributed by atoms with E-state index in [1.165, 1.54) is 0 Å². The fraction of sp³-hybridized carbons (Fsp3) is 0.625. The highest BCUT2D eigenvalue weighted by molar-refractivity contribution is 5.45. The van der Waals surface area contributed by atoms with Crippen molar-refractivity contribution in [3.8, 4) is 5.75 Å². The van der Waals surface area contributed by atoms with E-state index in [0.29, 0.717) is 18.3 Å². The number of benzene rings is 1. The third-order valence-corrected chi connectivity index (χ3v) is 3.53. The van der Waals surface area contributed by atoms with Crippen molar-refractivity contribution in [2.24, 2.45) is 0 Å². The maximum absolute atomic E-state index is 10.4. The first kappa shape index (κ1) is 15.0. The van der Waals surface area contributed by atoms with Gasteiger partial charge in [0.25, 0.3) is 0 Å². The molecular weight excluding hydrogens is 224 g/mol. The quantitative estimate of drug-likeness (QED) is 0.777. The molecule has 102 valence electrons. The highest BCUT2D eigenvalue weighted by Gasteiger charge is 2.14. The van der Waals surface area contributed by atoms with Crippen molar-refractivity contribution in [1.82, 2.24) is 0 Å². The maximum Gasteiger partial charge on any atom is 0.122 e. The van der Waals surface area contributed by atoms with Gasteiger partial charge in [-0.1, -0.05) is 27.2 Å². The summed E-state index contributed by atoms with van der Waals surface area (Å²) in [5.74, 6) is 0.889. The summed E-state index contributed by atoms with van der Waals surface area (Å²) < 4.78 is 5.21. The molecule has 2 nitrogen and oxygen atoms in total. The van der Waals surface area contributed by atoms with Crippen LogP contribution >= 0.6 is 0 Å². The Labute approximate surface area is 111 Å². The smallest absolute Gasteiger partial charge is 0.122 e. The van der Waals surface area contributed by atoms with Crippen LogP contribution in [0, 0.1) is 0 Å². The van der Waals surface area contributed by atoms with Gasteiger partial charge in [0, 0.05) is 7.11 Å². The summed E-state index contributed by atoms with van der Waals surface area (Å²) in [4.78, 5) is 0. The minimum Gasteiger partial charge on any atom is -0.507 e. The van der Waals surface area contributed by atoms with Crippen LogP contribution in [0.25, 0.3) is 0 Å². The van der Waals surface area contributed by atoms with E-state index in [-0.39, 0.29) is 0 Å². The molecule has 1 rings (SSSR count). The molecule has 0 heterocycles. The van der Waals surface area contributed by atoms with Gasteiger partial charge >= 0.3 is 0 Å². The number of methoxy groups -OCH3 is 1. The molecule has 18 heavy (non-hydrogen) atoms. The Balaban J connectivity index is 3.10. The van der Waals surface area contributed by atoms with E-state index in [1.807, 2.05) is 0 Å². The molecule has 1 aromatic carbocycles. The number of unbranched alkanes of at least 4 members (excludes halogenated alkanes) is 1. The molecule has 1 atom stereocenters. The lowest BCUT2D eigenvalue weighted by molar-refractivity contribution is 0.184. The Bertz CT molecular complexity index is 372. The topological polar surface area (TPSA) is 29.5 Å². The van der Waals surface area contributed by atoms with E-state index in [0.717, 1.165) is 42.4 Å². The molecule has 0 aliphatic rings. The summed E-state index contributed by atoms with van der Waals surface area (Å²) in [6.45, 7) is 7.10. The van der Waals surface area contributed by atoms with Gasteiger partial charge in [0.05, 0.1) is 6.61 Å². The molecule has 2 heteroatoms. The molecule has 1 aromatic rings. The minimum absolute atomic E-state index is 0.391. The van der Waals surface area contributed by atoms with Gasteiger partial charge in [0.2, 0.25) is 0 Å². The van der Waals surface area contributed by atoms with E-state index in [9.17, 15) is 5.11 Å². The lowest BCUT2D eigenvalue weighted by atomic mass is 9.92. The number of aryl methyl sites for hydroxylation is 1. The van der Waals surface area contributed by atoms with Crippen LogP contribution in [0.3, 0.4) is 0 Å². The molecule has 0 aliphatic heterocycles. The molecule has 0 radical (unpaired) electrons. The van der Waals surface area contributed by atoms with Crippen LogP contribution < -0.4 is 0 Å². The fourth-order valence-electron chi connectivity index (χ4n) is 2.19. The van der Waals surface area contributed by atoms with E-state index in [2.05, 4.69) is 32.9 Å². The van der Waals surface area contributed by atoms with Gasteiger partial charge in [0.1, 0.15) is 5.75 Å². The van der Waals surface area contributed by atoms with E-state index in [1.54, 1.807) is 7.11 Å². The van der Waals surface area contributed by atoms with Crippen LogP contribution in [-0.4, -0.2) is 12.2 Å². The number of hydrogen-bond donors (Lipinski definition) is 1. The number of hydrogen-bond acceptors (Lipinski definition) is 2. The summed E-state index contributed by atoms with van der Waals surface area (Å²) in [5.41, 5.74) is 3.30. The van der Waals surface area contributed by atoms with Crippen LogP contribution in [0.4, 0.5) is 0 Å². The fourth-order valence-corrected chi connectivity index (χ4v) is 2.19. The molecule has 0 aliphatic carbocycles. The first-order valence-electron chi connectivity index (χ1n) is 6.97. The molecule has 0 spiro atoms. The SMILES string of the molecule is CCCCc1cc(COC)cc(C(C)CC)c1O. The summed E-state index contributed by atoms with van der Waals surface area (Å²) in [5, 5.41) is 10.4. The number of ether oxygens (including phenoxy) is 1. The van der Waals surface area contributed by atoms with Crippen molar-refractivity contribution >= 4 is 0 Å². The van der Waals surface area contributed by atoms with Crippen molar-refractivity contribution in [1.29, 1.82) is 0 Å². The predicted octanol–water partition coefficient (Wildman–Crippen LogP) is 4.39. The third-order valence-electron chi connectivity index (χ3n) is 3.53. The minimum atomic E-state index is 0.391. The largest absolute Gasteiger partial charge is 0.507 e. The summed E-state index contributed by atoms with van der Waals surface area (Å²) in [6.07, 6.45) is 4.25. The number of aromatic hydroxyl groups is 1. The van der Waals surface area contributed by atoms with Crippen LogP contribution in [0.2, 0.25) is 0 Å². The molecule has 0 aromatic heterocycles. The molecule has 0 fully saturated rings. The Morgan fingerprint density at radius 2 is 2.00 bits per heavy atom. The van der Waals surface area contributed by atoms with Gasteiger partial charge in [-0.15, -0.1) is 0 Å². The van der Waals surface area contributed by atoms with Gasteiger partial charge in [-0.05, 0) is 54.0 Å². The third kappa shape index (κ3) is 3.74.